The standard InChI is InChI=1S/C16H24N2/c1-16(17,14-5-3-2-4-6-14)12-18(15-9-10-15)11-13-7-8-13/h2-6,13,15H,7-12,17H2,1H3. The summed E-state index contributed by atoms with van der Waals surface area (Å²) in [4.78, 5) is 2.64. The van der Waals surface area contributed by atoms with Gasteiger partial charge in [0.15, 0.2) is 0 Å². The molecule has 0 heterocycles. The van der Waals surface area contributed by atoms with Gasteiger partial charge in [-0.05, 0) is 44.1 Å². The van der Waals surface area contributed by atoms with Crippen molar-refractivity contribution >= 4 is 0 Å². The van der Waals surface area contributed by atoms with E-state index in [0.717, 1.165) is 18.5 Å². The van der Waals surface area contributed by atoms with E-state index in [-0.39, 0.29) is 5.54 Å². The average Bonchev–Trinajstić information content (AvgIpc) is 3.22. The molecule has 0 aliphatic heterocycles. The first-order valence-electron chi connectivity index (χ1n) is 7.23. The zero-order valence-corrected chi connectivity index (χ0v) is 11.3. The molecule has 2 nitrogen and oxygen atoms in total. The molecular formula is C16H24N2. The van der Waals surface area contributed by atoms with Gasteiger partial charge in [-0.3, -0.25) is 4.90 Å². The van der Waals surface area contributed by atoms with Crippen molar-refractivity contribution < 1.29 is 0 Å². The highest BCUT2D eigenvalue weighted by atomic mass is 15.2. The van der Waals surface area contributed by atoms with Crippen LogP contribution in [0.15, 0.2) is 30.3 Å². The molecule has 1 unspecified atom stereocenters. The van der Waals surface area contributed by atoms with E-state index in [1.807, 2.05) is 0 Å². The summed E-state index contributed by atoms with van der Waals surface area (Å²) in [5.41, 5.74) is 7.59. The van der Waals surface area contributed by atoms with E-state index < -0.39 is 0 Å². The minimum atomic E-state index is -0.223. The van der Waals surface area contributed by atoms with Crippen LogP contribution in [-0.2, 0) is 5.54 Å². The third kappa shape index (κ3) is 2.93. The van der Waals surface area contributed by atoms with E-state index in [9.17, 15) is 0 Å². The Morgan fingerprint density at radius 3 is 2.39 bits per heavy atom. The lowest BCUT2D eigenvalue weighted by Gasteiger charge is -2.33. The van der Waals surface area contributed by atoms with Gasteiger partial charge in [-0.1, -0.05) is 30.3 Å². The summed E-state index contributed by atoms with van der Waals surface area (Å²) in [5, 5.41) is 0. The Morgan fingerprint density at radius 2 is 1.83 bits per heavy atom. The van der Waals surface area contributed by atoms with Gasteiger partial charge >= 0.3 is 0 Å². The van der Waals surface area contributed by atoms with Gasteiger partial charge in [-0.15, -0.1) is 0 Å². The Balaban J connectivity index is 1.68. The molecule has 2 saturated carbocycles. The van der Waals surface area contributed by atoms with Crippen molar-refractivity contribution in [1.82, 2.24) is 4.90 Å². The first-order valence-corrected chi connectivity index (χ1v) is 7.23. The second kappa shape index (κ2) is 4.67. The summed E-state index contributed by atoms with van der Waals surface area (Å²) in [5.74, 6) is 0.956. The van der Waals surface area contributed by atoms with Crippen LogP contribution in [-0.4, -0.2) is 24.0 Å². The Kier molecular flexibility index (Phi) is 3.16. The fourth-order valence-electron chi connectivity index (χ4n) is 2.75. The molecular weight excluding hydrogens is 220 g/mol. The maximum atomic E-state index is 6.56. The van der Waals surface area contributed by atoms with Crippen LogP contribution in [0.1, 0.15) is 38.2 Å². The van der Waals surface area contributed by atoms with Gasteiger partial charge in [-0.25, -0.2) is 0 Å². The Hall–Kier alpha value is -0.860. The second-order valence-corrected chi connectivity index (χ2v) is 6.39. The van der Waals surface area contributed by atoms with Gasteiger partial charge in [0, 0.05) is 19.1 Å². The normalized spacial score (nSPS) is 23.1. The summed E-state index contributed by atoms with van der Waals surface area (Å²) in [6, 6.07) is 11.4. The van der Waals surface area contributed by atoms with Crippen molar-refractivity contribution in [2.45, 2.75) is 44.2 Å². The van der Waals surface area contributed by atoms with Crippen molar-refractivity contribution in [1.29, 1.82) is 0 Å². The zero-order chi connectivity index (χ0) is 12.6. The molecule has 2 heteroatoms. The van der Waals surface area contributed by atoms with E-state index in [1.165, 1.54) is 37.8 Å². The van der Waals surface area contributed by atoms with Gasteiger partial charge in [0.2, 0.25) is 0 Å². The molecule has 2 aliphatic carbocycles. The highest BCUT2D eigenvalue weighted by Gasteiger charge is 2.37. The van der Waals surface area contributed by atoms with Crippen molar-refractivity contribution in [3.05, 3.63) is 35.9 Å². The van der Waals surface area contributed by atoms with E-state index in [0.29, 0.717) is 0 Å². The summed E-state index contributed by atoms with van der Waals surface area (Å²) < 4.78 is 0. The van der Waals surface area contributed by atoms with Gasteiger partial charge in [-0.2, -0.15) is 0 Å². The van der Waals surface area contributed by atoms with Crippen LogP contribution in [0.2, 0.25) is 0 Å². The van der Waals surface area contributed by atoms with E-state index >= 15 is 0 Å². The molecule has 0 radical (unpaired) electrons. The van der Waals surface area contributed by atoms with Crippen molar-refractivity contribution in [2.24, 2.45) is 11.7 Å². The van der Waals surface area contributed by atoms with Crippen molar-refractivity contribution in [3.8, 4) is 0 Å². The van der Waals surface area contributed by atoms with Gasteiger partial charge in [0.1, 0.15) is 0 Å². The number of nitrogens with two attached hydrogens (primary N) is 1. The van der Waals surface area contributed by atoms with Crippen LogP contribution in [0.3, 0.4) is 0 Å². The van der Waals surface area contributed by atoms with Gasteiger partial charge < -0.3 is 5.73 Å². The third-order valence-electron chi connectivity index (χ3n) is 4.22. The predicted octanol–water partition coefficient (Wildman–Crippen LogP) is 2.73. The largest absolute Gasteiger partial charge is 0.321 e. The highest BCUT2D eigenvalue weighted by molar-refractivity contribution is 5.23. The number of nitrogens with zero attached hydrogens (tertiary/aromatic N) is 1. The highest BCUT2D eigenvalue weighted by Crippen LogP contribution is 2.36. The van der Waals surface area contributed by atoms with Crippen LogP contribution in [0, 0.1) is 5.92 Å². The molecule has 18 heavy (non-hydrogen) atoms. The lowest BCUT2D eigenvalue weighted by molar-refractivity contribution is 0.200. The molecule has 1 atom stereocenters. The molecule has 98 valence electrons. The maximum absolute atomic E-state index is 6.56. The fourth-order valence-corrected chi connectivity index (χ4v) is 2.75. The SMILES string of the molecule is CC(N)(CN(CC1CC1)C1CC1)c1ccccc1. The molecule has 0 amide bonds. The fraction of sp³-hybridized carbons (Fsp3) is 0.625. The topological polar surface area (TPSA) is 29.3 Å². The monoisotopic (exact) mass is 244 g/mol. The first kappa shape index (κ1) is 12.2. The van der Waals surface area contributed by atoms with E-state index in [4.69, 9.17) is 5.73 Å². The molecule has 1 aromatic carbocycles. The summed E-state index contributed by atoms with van der Waals surface area (Å²) in [6.45, 7) is 4.44. The lowest BCUT2D eigenvalue weighted by Crippen LogP contribution is -2.46. The predicted molar refractivity (Wildman–Crippen MR) is 75.3 cm³/mol. The van der Waals surface area contributed by atoms with Crippen molar-refractivity contribution in [2.75, 3.05) is 13.1 Å². The average molecular weight is 244 g/mol. The molecule has 0 aromatic heterocycles. The quantitative estimate of drug-likeness (QED) is 0.833. The molecule has 2 aliphatic rings. The Morgan fingerprint density at radius 1 is 1.17 bits per heavy atom. The van der Waals surface area contributed by atoms with Gasteiger partial charge in [0.25, 0.3) is 0 Å². The van der Waals surface area contributed by atoms with Crippen LogP contribution in [0.25, 0.3) is 0 Å². The smallest absolute Gasteiger partial charge is 0.0510 e. The number of benzene rings is 1. The lowest BCUT2D eigenvalue weighted by atomic mass is 9.92. The summed E-state index contributed by atoms with van der Waals surface area (Å²) in [7, 11) is 0. The summed E-state index contributed by atoms with van der Waals surface area (Å²) >= 11 is 0. The number of rotatable bonds is 6. The molecule has 3 rings (SSSR count). The first-order chi connectivity index (χ1) is 8.65. The zero-order valence-electron chi connectivity index (χ0n) is 11.3. The molecule has 1 aromatic rings. The van der Waals surface area contributed by atoms with Crippen LogP contribution < -0.4 is 5.73 Å². The Bertz CT molecular complexity index is 391. The number of hydrogen-bond acceptors (Lipinski definition) is 2. The van der Waals surface area contributed by atoms with Crippen LogP contribution in [0.5, 0.6) is 0 Å². The summed E-state index contributed by atoms with van der Waals surface area (Å²) in [6.07, 6.45) is 5.60. The van der Waals surface area contributed by atoms with Crippen LogP contribution in [0.4, 0.5) is 0 Å². The maximum Gasteiger partial charge on any atom is 0.0510 e. The Labute approximate surface area is 110 Å². The number of hydrogen-bond donors (Lipinski definition) is 1. The minimum Gasteiger partial charge on any atom is -0.321 e. The van der Waals surface area contributed by atoms with Crippen molar-refractivity contribution in [3.63, 3.8) is 0 Å². The molecule has 2 N–H and O–H groups in total. The molecule has 2 fully saturated rings. The molecule has 0 spiro atoms. The van der Waals surface area contributed by atoms with E-state index in [2.05, 4.69) is 42.2 Å². The van der Waals surface area contributed by atoms with E-state index in [1.54, 1.807) is 0 Å². The third-order valence-corrected chi connectivity index (χ3v) is 4.22. The molecule has 0 saturated heterocycles. The molecule has 0 bridgehead atoms. The second-order valence-electron chi connectivity index (χ2n) is 6.39. The minimum absolute atomic E-state index is 0.223. The van der Waals surface area contributed by atoms with Crippen LogP contribution >= 0.6 is 0 Å². The van der Waals surface area contributed by atoms with Gasteiger partial charge in [0.05, 0.1) is 5.54 Å².